The molecule has 0 aromatic carbocycles. The average Bonchev–Trinajstić information content (AvgIpc) is 3.32. The first-order valence-electron chi connectivity index (χ1n) is 8.13. The molecular formula is C18H19N3O3. The van der Waals surface area contributed by atoms with E-state index in [0.29, 0.717) is 18.4 Å². The summed E-state index contributed by atoms with van der Waals surface area (Å²) in [5.74, 6) is -0.590. The van der Waals surface area contributed by atoms with Crippen LogP contribution < -0.4 is 5.73 Å². The van der Waals surface area contributed by atoms with Crippen molar-refractivity contribution in [1.82, 2.24) is 9.97 Å². The van der Waals surface area contributed by atoms with Crippen LogP contribution >= 0.6 is 0 Å². The highest BCUT2D eigenvalue weighted by molar-refractivity contribution is 5.98. The highest BCUT2D eigenvalue weighted by Crippen LogP contribution is 2.52. The van der Waals surface area contributed by atoms with Gasteiger partial charge in [-0.3, -0.25) is 14.8 Å². The summed E-state index contributed by atoms with van der Waals surface area (Å²) in [6, 6.07) is 5.51. The summed E-state index contributed by atoms with van der Waals surface area (Å²) in [6.07, 6.45) is 7.34. The molecule has 0 radical (unpaired) electrons. The molecule has 4 rings (SSSR count). The Bertz CT molecular complexity index is 774. The van der Waals surface area contributed by atoms with Crippen LogP contribution in [-0.2, 0) is 4.74 Å². The van der Waals surface area contributed by atoms with Gasteiger partial charge in [0, 0.05) is 42.6 Å². The average molecular weight is 325 g/mol. The number of aliphatic hydroxyl groups excluding tert-OH is 1. The van der Waals surface area contributed by atoms with Gasteiger partial charge in [-0.1, -0.05) is 6.07 Å². The van der Waals surface area contributed by atoms with Crippen LogP contribution in [0.15, 0.2) is 36.8 Å². The minimum Gasteiger partial charge on any atom is -0.393 e. The van der Waals surface area contributed by atoms with Crippen molar-refractivity contribution in [1.29, 1.82) is 0 Å². The fraction of sp³-hybridized carbons (Fsp3) is 0.389. The molecule has 1 aliphatic carbocycles. The Morgan fingerprint density at radius 2 is 2.17 bits per heavy atom. The lowest BCUT2D eigenvalue weighted by Crippen LogP contribution is -2.33. The maximum Gasteiger partial charge on any atom is 0.267 e. The Balaban J connectivity index is 1.83. The molecule has 1 saturated carbocycles. The van der Waals surface area contributed by atoms with Gasteiger partial charge in [-0.05, 0) is 30.5 Å². The molecule has 1 spiro atoms. The lowest BCUT2D eigenvalue weighted by molar-refractivity contribution is -0.113. The first kappa shape index (κ1) is 15.2. The Kier molecular flexibility index (Phi) is 3.58. The molecule has 2 aromatic heterocycles. The van der Waals surface area contributed by atoms with Crippen LogP contribution in [0.1, 0.15) is 47.8 Å². The quantitative estimate of drug-likeness (QED) is 0.899. The molecule has 124 valence electrons. The van der Waals surface area contributed by atoms with Crippen LogP contribution in [0.3, 0.4) is 0 Å². The lowest BCUT2D eigenvalue weighted by Gasteiger charge is -2.34. The molecule has 6 nitrogen and oxygen atoms in total. The van der Waals surface area contributed by atoms with E-state index in [-0.39, 0.29) is 17.4 Å². The second kappa shape index (κ2) is 5.65. The third-order valence-corrected chi connectivity index (χ3v) is 4.81. The summed E-state index contributed by atoms with van der Waals surface area (Å²) in [4.78, 5) is 20.2. The van der Waals surface area contributed by atoms with E-state index in [2.05, 4.69) is 9.97 Å². The summed E-state index contributed by atoms with van der Waals surface area (Å²) in [6.45, 7) is 0. The van der Waals surface area contributed by atoms with Gasteiger partial charge >= 0.3 is 0 Å². The predicted octanol–water partition coefficient (Wildman–Crippen LogP) is 1.99. The maximum atomic E-state index is 11.9. The first-order chi connectivity index (χ1) is 11.6. The molecule has 2 fully saturated rings. The number of ether oxygens (including phenoxy) is 1. The molecule has 1 amide bonds. The van der Waals surface area contributed by atoms with Gasteiger partial charge in [0.1, 0.15) is 5.69 Å². The number of rotatable bonds is 3. The molecule has 3 heterocycles. The third kappa shape index (κ3) is 2.68. The fourth-order valence-electron chi connectivity index (χ4n) is 3.56. The van der Waals surface area contributed by atoms with Gasteiger partial charge in [0.2, 0.25) is 0 Å². The largest absolute Gasteiger partial charge is 0.393 e. The number of nitrogens with two attached hydrogens (primary N) is 1. The molecule has 24 heavy (non-hydrogen) atoms. The van der Waals surface area contributed by atoms with E-state index in [1.54, 1.807) is 24.7 Å². The van der Waals surface area contributed by atoms with Gasteiger partial charge in [-0.15, -0.1) is 0 Å². The fourth-order valence-corrected chi connectivity index (χ4v) is 3.56. The number of pyridine rings is 2. The second-order valence-corrected chi connectivity index (χ2v) is 6.61. The molecule has 2 unspecified atom stereocenters. The molecule has 3 N–H and O–H groups in total. The van der Waals surface area contributed by atoms with Gasteiger partial charge in [-0.2, -0.15) is 0 Å². The van der Waals surface area contributed by atoms with Crippen molar-refractivity contribution in [3.05, 3.63) is 48.0 Å². The van der Waals surface area contributed by atoms with Crippen molar-refractivity contribution >= 4 is 5.91 Å². The van der Waals surface area contributed by atoms with E-state index in [4.69, 9.17) is 10.5 Å². The van der Waals surface area contributed by atoms with Crippen molar-refractivity contribution in [3.8, 4) is 11.1 Å². The van der Waals surface area contributed by atoms with Crippen LogP contribution in [0.25, 0.3) is 11.1 Å². The maximum absolute atomic E-state index is 11.9. The number of carbonyl (C=O) groups is 1. The summed E-state index contributed by atoms with van der Waals surface area (Å²) >= 11 is 0. The number of aliphatic hydroxyl groups is 1. The van der Waals surface area contributed by atoms with Gasteiger partial charge in [0.25, 0.3) is 5.91 Å². The van der Waals surface area contributed by atoms with E-state index in [1.165, 1.54) is 0 Å². The Labute approximate surface area is 139 Å². The summed E-state index contributed by atoms with van der Waals surface area (Å²) in [5.41, 5.74) is 7.77. The minimum absolute atomic E-state index is 0.203. The third-order valence-electron chi connectivity index (χ3n) is 4.81. The zero-order valence-corrected chi connectivity index (χ0v) is 13.2. The smallest absolute Gasteiger partial charge is 0.267 e. The van der Waals surface area contributed by atoms with Crippen molar-refractivity contribution in [2.45, 2.75) is 43.5 Å². The zero-order valence-electron chi connectivity index (χ0n) is 13.2. The van der Waals surface area contributed by atoms with Crippen molar-refractivity contribution < 1.29 is 14.6 Å². The monoisotopic (exact) mass is 325 g/mol. The van der Waals surface area contributed by atoms with Crippen molar-refractivity contribution in [2.24, 2.45) is 5.73 Å². The zero-order chi connectivity index (χ0) is 16.7. The van der Waals surface area contributed by atoms with Crippen molar-refractivity contribution in [3.63, 3.8) is 0 Å². The van der Waals surface area contributed by atoms with Crippen LogP contribution in [0.4, 0.5) is 0 Å². The van der Waals surface area contributed by atoms with E-state index in [1.807, 2.05) is 12.1 Å². The highest BCUT2D eigenvalue weighted by atomic mass is 16.5. The SMILES string of the molecule is NC(=O)c1nccc(C2CC(O)CC3(CC3)O2)c1-c1cccnc1. The number of primary amides is 1. The summed E-state index contributed by atoms with van der Waals surface area (Å²) < 4.78 is 6.28. The molecule has 2 atom stereocenters. The van der Waals surface area contributed by atoms with Gasteiger partial charge in [-0.25, -0.2) is 0 Å². The molecule has 1 saturated heterocycles. The van der Waals surface area contributed by atoms with E-state index in [0.717, 1.165) is 24.0 Å². The van der Waals surface area contributed by atoms with Crippen LogP contribution in [0.5, 0.6) is 0 Å². The van der Waals surface area contributed by atoms with E-state index < -0.39 is 12.0 Å². The number of carbonyl (C=O) groups excluding carboxylic acids is 1. The number of nitrogens with zero attached hydrogens (tertiary/aromatic N) is 2. The highest BCUT2D eigenvalue weighted by Gasteiger charge is 2.50. The predicted molar refractivity (Wildman–Crippen MR) is 87.0 cm³/mol. The topological polar surface area (TPSA) is 98.3 Å². The van der Waals surface area contributed by atoms with Crippen LogP contribution in [0, 0.1) is 0 Å². The molecule has 6 heteroatoms. The molecule has 2 aliphatic rings. The van der Waals surface area contributed by atoms with Gasteiger partial charge in [0.05, 0.1) is 17.8 Å². The van der Waals surface area contributed by atoms with E-state index in [9.17, 15) is 9.90 Å². The van der Waals surface area contributed by atoms with E-state index >= 15 is 0 Å². The van der Waals surface area contributed by atoms with Gasteiger partial charge < -0.3 is 15.6 Å². The Hall–Kier alpha value is -2.31. The minimum atomic E-state index is -0.590. The Morgan fingerprint density at radius 3 is 2.83 bits per heavy atom. The number of hydrogen-bond acceptors (Lipinski definition) is 5. The molecular weight excluding hydrogens is 306 g/mol. The normalized spacial score (nSPS) is 24.7. The number of amides is 1. The lowest BCUT2D eigenvalue weighted by atomic mass is 9.89. The number of hydrogen-bond donors (Lipinski definition) is 2. The molecule has 2 aromatic rings. The standard InChI is InChI=1S/C18H19N3O3/c19-17(23)16-15(11-2-1-6-20-10-11)13(3-7-21-16)14-8-12(22)9-18(24-14)4-5-18/h1-3,6-7,10,12,14,22H,4-5,8-9H2,(H2,19,23). The van der Waals surface area contributed by atoms with Gasteiger partial charge in [0.15, 0.2) is 0 Å². The first-order valence-corrected chi connectivity index (χ1v) is 8.13. The summed E-state index contributed by atoms with van der Waals surface area (Å²) in [7, 11) is 0. The van der Waals surface area contributed by atoms with Crippen molar-refractivity contribution in [2.75, 3.05) is 0 Å². The molecule has 1 aliphatic heterocycles. The number of aromatic nitrogens is 2. The van der Waals surface area contributed by atoms with Crippen LogP contribution in [-0.4, -0.2) is 32.7 Å². The summed E-state index contributed by atoms with van der Waals surface area (Å²) in [5, 5.41) is 10.3. The van der Waals surface area contributed by atoms with Crippen LogP contribution in [0.2, 0.25) is 0 Å². The molecule has 0 bridgehead atoms. The Morgan fingerprint density at radius 1 is 1.33 bits per heavy atom. The second-order valence-electron chi connectivity index (χ2n) is 6.61.